The molecular weight excluding hydrogens is 210 g/mol. The van der Waals surface area contributed by atoms with E-state index in [2.05, 4.69) is 24.3 Å². The normalized spacial score (nSPS) is 14.0. The molecule has 1 aromatic carbocycles. The maximum absolute atomic E-state index is 11.9. The lowest BCUT2D eigenvalue weighted by Gasteiger charge is -2.18. The van der Waals surface area contributed by atoms with Crippen molar-refractivity contribution in [1.82, 2.24) is 4.57 Å². The molecule has 1 aliphatic rings. The van der Waals surface area contributed by atoms with Crippen LogP contribution in [0.1, 0.15) is 17.5 Å². The van der Waals surface area contributed by atoms with Crippen molar-refractivity contribution in [3.63, 3.8) is 0 Å². The molecule has 2 aromatic rings. The van der Waals surface area contributed by atoms with Gasteiger partial charge in [0, 0.05) is 17.8 Å². The van der Waals surface area contributed by atoms with Crippen molar-refractivity contribution in [3.8, 4) is 0 Å². The van der Waals surface area contributed by atoms with Gasteiger partial charge in [0.2, 0.25) is 0 Å². The van der Waals surface area contributed by atoms with Crippen LogP contribution in [0.3, 0.4) is 0 Å². The molecule has 17 heavy (non-hydrogen) atoms. The SMILES string of the molecule is O=c1ccccn1C1=CCCc2ccccc21. The van der Waals surface area contributed by atoms with E-state index in [0.29, 0.717) is 0 Å². The molecule has 0 atom stereocenters. The molecule has 1 aliphatic carbocycles. The highest BCUT2D eigenvalue weighted by atomic mass is 16.1. The molecule has 0 aliphatic heterocycles. The topological polar surface area (TPSA) is 22.0 Å². The Hall–Kier alpha value is -2.09. The van der Waals surface area contributed by atoms with Crippen LogP contribution in [-0.2, 0) is 6.42 Å². The fraction of sp³-hybridized carbons (Fsp3) is 0.133. The van der Waals surface area contributed by atoms with Crippen LogP contribution < -0.4 is 5.56 Å². The van der Waals surface area contributed by atoms with E-state index in [1.807, 2.05) is 18.3 Å². The number of pyridine rings is 1. The minimum Gasteiger partial charge on any atom is -0.284 e. The Bertz CT molecular complexity index is 637. The highest BCUT2D eigenvalue weighted by Gasteiger charge is 2.13. The molecule has 1 heterocycles. The monoisotopic (exact) mass is 223 g/mol. The van der Waals surface area contributed by atoms with Gasteiger partial charge in [0.25, 0.3) is 5.56 Å². The highest BCUT2D eigenvalue weighted by molar-refractivity contribution is 5.70. The van der Waals surface area contributed by atoms with Crippen LogP contribution >= 0.6 is 0 Å². The van der Waals surface area contributed by atoms with Crippen molar-refractivity contribution < 1.29 is 0 Å². The van der Waals surface area contributed by atoms with E-state index in [1.165, 1.54) is 11.1 Å². The van der Waals surface area contributed by atoms with Crippen molar-refractivity contribution in [3.05, 3.63) is 76.2 Å². The van der Waals surface area contributed by atoms with Gasteiger partial charge < -0.3 is 0 Å². The molecule has 0 fully saturated rings. The van der Waals surface area contributed by atoms with Crippen LogP contribution in [0.25, 0.3) is 5.70 Å². The Morgan fingerprint density at radius 2 is 1.82 bits per heavy atom. The van der Waals surface area contributed by atoms with Gasteiger partial charge in [-0.1, -0.05) is 36.4 Å². The number of allylic oxidation sites excluding steroid dienone is 1. The predicted molar refractivity (Wildman–Crippen MR) is 68.8 cm³/mol. The zero-order valence-electron chi connectivity index (χ0n) is 9.47. The Kier molecular flexibility index (Phi) is 2.41. The number of rotatable bonds is 1. The molecule has 2 nitrogen and oxygen atoms in total. The summed E-state index contributed by atoms with van der Waals surface area (Å²) in [7, 11) is 0. The second-order valence-electron chi connectivity index (χ2n) is 4.19. The fourth-order valence-corrected chi connectivity index (χ4v) is 2.32. The molecule has 3 rings (SSSR count). The van der Waals surface area contributed by atoms with Gasteiger partial charge in [-0.2, -0.15) is 0 Å². The maximum Gasteiger partial charge on any atom is 0.255 e. The third-order valence-corrected chi connectivity index (χ3v) is 3.13. The van der Waals surface area contributed by atoms with Gasteiger partial charge >= 0.3 is 0 Å². The zero-order chi connectivity index (χ0) is 11.7. The standard InChI is InChI=1S/C15H13NO/c17-15-10-3-4-11-16(15)14-9-5-7-12-6-1-2-8-13(12)14/h1-4,6,8-11H,5,7H2. The Morgan fingerprint density at radius 1 is 1.00 bits per heavy atom. The summed E-state index contributed by atoms with van der Waals surface area (Å²) in [5, 5.41) is 0. The van der Waals surface area contributed by atoms with E-state index in [0.717, 1.165) is 18.5 Å². The van der Waals surface area contributed by atoms with Gasteiger partial charge in [-0.25, -0.2) is 0 Å². The number of hydrogen-bond donors (Lipinski definition) is 0. The molecule has 0 N–H and O–H groups in total. The molecule has 0 saturated heterocycles. The second kappa shape index (κ2) is 4.06. The second-order valence-corrected chi connectivity index (χ2v) is 4.19. The van der Waals surface area contributed by atoms with Gasteiger partial charge in [-0.3, -0.25) is 9.36 Å². The quantitative estimate of drug-likeness (QED) is 0.728. The first kappa shape index (κ1) is 10.1. The lowest BCUT2D eigenvalue weighted by molar-refractivity contribution is 0.925. The first-order valence-corrected chi connectivity index (χ1v) is 5.83. The molecule has 0 radical (unpaired) electrons. The van der Waals surface area contributed by atoms with E-state index in [-0.39, 0.29) is 5.56 Å². The van der Waals surface area contributed by atoms with Crippen LogP contribution in [-0.4, -0.2) is 4.57 Å². The summed E-state index contributed by atoms with van der Waals surface area (Å²) in [5.41, 5.74) is 3.53. The van der Waals surface area contributed by atoms with Crippen LogP contribution in [0, 0.1) is 0 Å². The van der Waals surface area contributed by atoms with Crippen molar-refractivity contribution in [2.75, 3.05) is 0 Å². The zero-order valence-corrected chi connectivity index (χ0v) is 9.47. The minimum absolute atomic E-state index is 0.0236. The molecular formula is C15H13NO. The maximum atomic E-state index is 11.9. The van der Waals surface area contributed by atoms with Crippen molar-refractivity contribution >= 4 is 5.70 Å². The van der Waals surface area contributed by atoms with Crippen molar-refractivity contribution in [1.29, 1.82) is 0 Å². The smallest absolute Gasteiger partial charge is 0.255 e. The van der Waals surface area contributed by atoms with Gasteiger partial charge in [0.05, 0.1) is 5.70 Å². The Balaban J connectivity index is 2.20. The molecule has 2 heteroatoms. The predicted octanol–water partition coefficient (Wildman–Crippen LogP) is 2.68. The average Bonchev–Trinajstić information content (AvgIpc) is 2.39. The van der Waals surface area contributed by atoms with E-state index in [9.17, 15) is 4.79 Å². The van der Waals surface area contributed by atoms with E-state index >= 15 is 0 Å². The lowest BCUT2D eigenvalue weighted by atomic mass is 9.94. The van der Waals surface area contributed by atoms with E-state index < -0.39 is 0 Å². The van der Waals surface area contributed by atoms with Gasteiger partial charge in [0.15, 0.2) is 0 Å². The number of nitrogens with zero attached hydrogens (tertiary/aromatic N) is 1. The highest BCUT2D eigenvalue weighted by Crippen LogP contribution is 2.26. The van der Waals surface area contributed by atoms with Crippen molar-refractivity contribution in [2.24, 2.45) is 0 Å². The summed E-state index contributed by atoms with van der Waals surface area (Å²) in [6, 6.07) is 13.5. The summed E-state index contributed by atoms with van der Waals surface area (Å²) in [6.45, 7) is 0. The lowest BCUT2D eigenvalue weighted by Crippen LogP contribution is -2.19. The first-order valence-electron chi connectivity index (χ1n) is 5.83. The van der Waals surface area contributed by atoms with Gasteiger partial charge in [-0.15, -0.1) is 0 Å². The van der Waals surface area contributed by atoms with E-state index in [1.54, 1.807) is 16.7 Å². The fourth-order valence-electron chi connectivity index (χ4n) is 2.32. The van der Waals surface area contributed by atoms with Crippen molar-refractivity contribution in [2.45, 2.75) is 12.8 Å². The number of benzene rings is 1. The number of fused-ring (bicyclic) bond motifs is 1. The number of hydrogen-bond acceptors (Lipinski definition) is 1. The Labute approximate surface area is 99.8 Å². The number of aromatic nitrogens is 1. The molecule has 1 aromatic heterocycles. The molecule has 84 valence electrons. The summed E-state index contributed by atoms with van der Waals surface area (Å²) >= 11 is 0. The summed E-state index contributed by atoms with van der Waals surface area (Å²) < 4.78 is 1.72. The van der Waals surface area contributed by atoms with Crippen LogP contribution in [0.15, 0.2) is 59.5 Å². The first-order chi connectivity index (χ1) is 8.36. The molecule has 0 unspecified atom stereocenters. The third-order valence-electron chi connectivity index (χ3n) is 3.13. The molecule has 0 spiro atoms. The molecule has 0 bridgehead atoms. The van der Waals surface area contributed by atoms with Crippen LogP contribution in [0.5, 0.6) is 0 Å². The summed E-state index contributed by atoms with van der Waals surface area (Å²) in [5.74, 6) is 0. The van der Waals surface area contributed by atoms with Crippen LogP contribution in [0.2, 0.25) is 0 Å². The molecule has 0 saturated carbocycles. The average molecular weight is 223 g/mol. The van der Waals surface area contributed by atoms with E-state index in [4.69, 9.17) is 0 Å². The largest absolute Gasteiger partial charge is 0.284 e. The van der Waals surface area contributed by atoms with Gasteiger partial charge in [-0.05, 0) is 24.5 Å². The van der Waals surface area contributed by atoms with Crippen LogP contribution in [0.4, 0.5) is 0 Å². The third kappa shape index (κ3) is 1.72. The number of aryl methyl sites for hydroxylation is 1. The summed E-state index contributed by atoms with van der Waals surface area (Å²) in [4.78, 5) is 11.9. The summed E-state index contributed by atoms with van der Waals surface area (Å²) in [6.07, 6.45) is 6.02. The molecule has 0 amide bonds. The van der Waals surface area contributed by atoms with Gasteiger partial charge in [0.1, 0.15) is 0 Å². The minimum atomic E-state index is 0.0236. The Morgan fingerprint density at radius 3 is 2.71 bits per heavy atom.